The first-order valence-electron chi connectivity index (χ1n) is 13.7. The van der Waals surface area contributed by atoms with Crippen molar-refractivity contribution in [2.24, 2.45) is 10.9 Å². The van der Waals surface area contributed by atoms with Gasteiger partial charge in [0.25, 0.3) is 5.56 Å². The third-order valence-electron chi connectivity index (χ3n) is 7.44. The third kappa shape index (κ3) is 6.03. The van der Waals surface area contributed by atoms with E-state index in [2.05, 4.69) is 53.1 Å². The zero-order valence-electron chi connectivity index (χ0n) is 22.8. The minimum atomic E-state index is -0.0697. The summed E-state index contributed by atoms with van der Waals surface area (Å²) in [6.07, 6.45) is 9.54. The number of aromatic nitrogens is 2. The van der Waals surface area contributed by atoms with Gasteiger partial charge in [-0.15, -0.1) is 0 Å². The Morgan fingerprint density at radius 3 is 2.71 bits per heavy atom. The van der Waals surface area contributed by atoms with Crippen molar-refractivity contribution >= 4 is 40.9 Å². The summed E-state index contributed by atoms with van der Waals surface area (Å²) in [4.78, 5) is 24.3. The lowest BCUT2D eigenvalue weighted by Gasteiger charge is -2.26. The molecule has 3 aromatic rings. The Labute approximate surface area is 229 Å². The van der Waals surface area contributed by atoms with Gasteiger partial charge in [-0.25, -0.2) is 9.29 Å². The minimum absolute atomic E-state index is 0.0697. The molecule has 7 nitrogen and oxygen atoms in total. The molecule has 2 fully saturated rings. The van der Waals surface area contributed by atoms with Crippen molar-refractivity contribution in [3.8, 4) is 0 Å². The van der Waals surface area contributed by atoms with Crippen LogP contribution in [-0.4, -0.2) is 52.1 Å². The van der Waals surface area contributed by atoms with Crippen LogP contribution in [-0.2, 0) is 0 Å². The second kappa shape index (κ2) is 11.8. The lowest BCUT2D eigenvalue weighted by molar-refractivity contribution is 0.396. The van der Waals surface area contributed by atoms with E-state index in [9.17, 15) is 4.79 Å². The fraction of sp³-hybridized carbons (Fsp3) is 0.433. The maximum Gasteiger partial charge on any atom is 0.262 e. The maximum absolute atomic E-state index is 13.4. The number of anilines is 2. The summed E-state index contributed by atoms with van der Waals surface area (Å²) in [6, 6.07) is 10.7. The highest BCUT2D eigenvalue weighted by atomic mass is 32.2. The number of nitrogens with zero attached hydrogens (tertiary/aromatic N) is 4. The Balaban J connectivity index is 1.36. The second-order valence-electron chi connectivity index (χ2n) is 10.2. The molecule has 0 bridgehead atoms. The number of nitrogens with one attached hydrogen (secondary N) is 2. The molecule has 1 aromatic carbocycles. The van der Waals surface area contributed by atoms with Crippen LogP contribution in [0.15, 0.2) is 57.3 Å². The summed E-state index contributed by atoms with van der Waals surface area (Å²) in [7, 11) is 0. The number of rotatable bonds is 9. The standard InChI is InChI=1S/C30H38N6OS/c1-5-22(18-32-26(6-2)23-7-8-23)24-9-12-28-34-29(21(4)30(37)36(28)19-24)33-27-11-10-25(17-20(27)3)38-35-15-13-31-14-16-35/h5,9-12,17-19,23,26,31,33H,6-8,13-16H2,1-4H3/b22-5+,32-18?. The smallest absolute Gasteiger partial charge is 0.262 e. The van der Waals surface area contributed by atoms with E-state index >= 15 is 0 Å². The molecule has 0 spiro atoms. The second-order valence-corrected chi connectivity index (χ2v) is 11.4. The zero-order valence-corrected chi connectivity index (χ0v) is 23.6. The van der Waals surface area contributed by atoms with E-state index in [1.165, 1.54) is 17.7 Å². The van der Waals surface area contributed by atoms with Gasteiger partial charge in [0.2, 0.25) is 0 Å². The number of aryl methyl sites for hydroxylation is 1. The van der Waals surface area contributed by atoms with Gasteiger partial charge in [0.05, 0.1) is 11.6 Å². The van der Waals surface area contributed by atoms with Crippen LogP contribution in [0.25, 0.3) is 11.2 Å². The van der Waals surface area contributed by atoms with Crippen molar-refractivity contribution in [2.75, 3.05) is 31.5 Å². The summed E-state index contributed by atoms with van der Waals surface area (Å²) in [5, 5.41) is 6.81. The predicted octanol–water partition coefficient (Wildman–Crippen LogP) is 5.63. The molecule has 1 unspecified atom stereocenters. The van der Waals surface area contributed by atoms with Crippen LogP contribution >= 0.6 is 11.9 Å². The van der Waals surface area contributed by atoms with Crippen molar-refractivity contribution in [3.63, 3.8) is 0 Å². The highest BCUT2D eigenvalue weighted by molar-refractivity contribution is 7.97. The summed E-state index contributed by atoms with van der Waals surface area (Å²) in [5.74, 6) is 1.33. The van der Waals surface area contributed by atoms with E-state index in [-0.39, 0.29) is 5.56 Å². The molecule has 38 heavy (non-hydrogen) atoms. The first-order chi connectivity index (χ1) is 18.5. The Morgan fingerprint density at radius 2 is 2.03 bits per heavy atom. The number of pyridine rings is 1. The first kappa shape index (κ1) is 26.7. The van der Waals surface area contributed by atoms with Gasteiger partial charge in [0, 0.05) is 49.2 Å². The highest BCUT2D eigenvalue weighted by Crippen LogP contribution is 2.36. The van der Waals surface area contributed by atoms with E-state index in [0.29, 0.717) is 23.1 Å². The van der Waals surface area contributed by atoms with Crippen LogP contribution in [0, 0.1) is 19.8 Å². The van der Waals surface area contributed by atoms with Gasteiger partial charge in [-0.1, -0.05) is 13.0 Å². The molecule has 1 aliphatic heterocycles. The number of allylic oxidation sites excluding steroid dienone is 2. The molecule has 200 valence electrons. The van der Waals surface area contributed by atoms with Gasteiger partial charge in [-0.05, 0) is 105 Å². The topological polar surface area (TPSA) is 74.0 Å². The average molecular weight is 531 g/mol. The molecule has 0 amide bonds. The molecule has 1 saturated carbocycles. The lowest BCUT2D eigenvalue weighted by Crippen LogP contribution is -2.39. The fourth-order valence-corrected chi connectivity index (χ4v) is 5.92. The molecule has 1 aliphatic carbocycles. The molecule has 8 heteroatoms. The normalized spacial score (nSPS) is 17.8. The summed E-state index contributed by atoms with van der Waals surface area (Å²) >= 11 is 1.80. The van der Waals surface area contributed by atoms with Crippen molar-refractivity contribution < 1.29 is 0 Å². The Bertz CT molecular complexity index is 1420. The van der Waals surface area contributed by atoms with Gasteiger partial charge in [-0.3, -0.25) is 14.2 Å². The molecule has 1 saturated heterocycles. The van der Waals surface area contributed by atoms with Crippen LogP contribution in [0.3, 0.4) is 0 Å². The summed E-state index contributed by atoms with van der Waals surface area (Å²) in [6.45, 7) is 12.3. The third-order valence-corrected chi connectivity index (χ3v) is 8.53. The molecule has 2 N–H and O–H groups in total. The van der Waals surface area contributed by atoms with Crippen LogP contribution in [0.2, 0.25) is 0 Å². The van der Waals surface area contributed by atoms with Crippen molar-refractivity contribution in [1.29, 1.82) is 0 Å². The van der Waals surface area contributed by atoms with Crippen molar-refractivity contribution in [2.45, 2.75) is 57.9 Å². The summed E-state index contributed by atoms with van der Waals surface area (Å²) < 4.78 is 4.04. The number of aliphatic imine (C=N–C) groups is 1. The maximum atomic E-state index is 13.4. The van der Waals surface area contributed by atoms with Gasteiger partial charge in [0.1, 0.15) is 11.5 Å². The fourth-order valence-electron chi connectivity index (χ4n) is 4.90. The van der Waals surface area contributed by atoms with E-state index in [0.717, 1.165) is 60.9 Å². The van der Waals surface area contributed by atoms with E-state index in [1.807, 2.05) is 38.4 Å². The molecule has 2 aliphatic rings. The van der Waals surface area contributed by atoms with Gasteiger partial charge < -0.3 is 10.6 Å². The summed E-state index contributed by atoms with van der Waals surface area (Å²) in [5.41, 5.74) is 5.20. The number of hydrogen-bond acceptors (Lipinski definition) is 7. The Morgan fingerprint density at radius 1 is 1.24 bits per heavy atom. The molecule has 5 rings (SSSR count). The van der Waals surface area contributed by atoms with Crippen molar-refractivity contribution in [1.82, 2.24) is 19.0 Å². The molecular weight excluding hydrogens is 492 g/mol. The molecule has 0 radical (unpaired) electrons. The minimum Gasteiger partial charge on any atom is -0.340 e. The van der Waals surface area contributed by atoms with Gasteiger partial charge in [-0.2, -0.15) is 0 Å². The molecule has 2 aromatic heterocycles. The lowest BCUT2D eigenvalue weighted by atomic mass is 10.1. The van der Waals surface area contributed by atoms with Crippen molar-refractivity contribution in [3.05, 3.63) is 69.6 Å². The van der Waals surface area contributed by atoms with E-state index in [1.54, 1.807) is 16.3 Å². The first-order valence-corrected chi connectivity index (χ1v) is 14.5. The number of fused-ring (bicyclic) bond motifs is 1. The van der Waals surface area contributed by atoms with Gasteiger partial charge in [0.15, 0.2) is 0 Å². The van der Waals surface area contributed by atoms with E-state index < -0.39 is 0 Å². The largest absolute Gasteiger partial charge is 0.340 e. The molecular formula is C30H38N6OS. The molecule has 1 atom stereocenters. The Kier molecular flexibility index (Phi) is 8.31. The number of hydrogen-bond donors (Lipinski definition) is 2. The van der Waals surface area contributed by atoms with Crippen LogP contribution in [0.5, 0.6) is 0 Å². The van der Waals surface area contributed by atoms with E-state index in [4.69, 9.17) is 9.98 Å². The van der Waals surface area contributed by atoms with Gasteiger partial charge >= 0.3 is 0 Å². The van der Waals surface area contributed by atoms with Crippen LogP contribution in [0.1, 0.15) is 49.8 Å². The van der Waals surface area contributed by atoms with Crippen LogP contribution < -0.4 is 16.2 Å². The SMILES string of the molecule is C/C=C(\C=NC(CC)C1CC1)c1ccc2nc(Nc3ccc(SN4CCNCC4)cc3C)c(C)c(=O)n2c1. The number of benzene rings is 1. The highest BCUT2D eigenvalue weighted by Gasteiger charge is 2.29. The average Bonchev–Trinajstić information content (AvgIpc) is 3.77. The molecule has 3 heterocycles. The predicted molar refractivity (Wildman–Crippen MR) is 160 cm³/mol. The zero-order chi connectivity index (χ0) is 26.6. The monoisotopic (exact) mass is 530 g/mol. The Hall–Kier alpha value is -2.94. The van der Waals surface area contributed by atoms with Crippen LogP contribution in [0.4, 0.5) is 11.5 Å². The quantitative estimate of drug-likeness (QED) is 0.276. The number of piperazine rings is 1.